The maximum atomic E-state index is 12.4. The van der Waals surface area contributed by atoms with Crippen LogP contribution in [0.5, 0.6) is 0 Å². The van der Waals surface area contributed by atoms with Gasteiger partial charge in [0.05, 0.1) is 5.56 Å². The second-order valence-corrected chi connectivity index (χ2v) is 5.39. The third-order valence-corrected chi connectivity index (χ3v) is 3.10. The molecule has 1 aromatic rings. The Hall–Kier alpha value is -1.91. The van der Waals surface area contributed by atoms with Crippen molar-refractivity contribution in [1.29, 1.82) is 0 Å². The van der Waals surface area contributed by atoms with E-state index >= 15 is 0 Å². The molecule has 0 radical (unpaired) electrons. The van der Waals surface area contributed by atoms with Crippen molar-refractivity contribution in [2.45, 2.75) is 47.2 Å². The normalized spacial score (nSPS) is 11.9. The highest BCUT2D eigenvalue weighted by atomic mass is 19.4. The van der Waals surface area contributed by atoms with Gasteiger partial charge in [-0.1, -0.05) is 30.2 Å². The lowest BCUT2D eigenvalue weighted by Gasteiger charge is -2.09. The fourth-order valence-electron chi connectivity index (χ4n) is 1.67. The molecule has 0 atom stereocenters. The van der Waals surface area contributed by atoms with Gasteiger partial charge in [0.15, 0.2) is 0 Å². The Bertz CT molecular complexity index is 592. The molecule has 0 aliphatic heterocycles. The Morgan fingerprint density at radius 3 is 2.09 bits per heavy atom. The molecule has 5 heteroatoms. The van der Waals surface area contributed by atoms with Gasteiger partial charge in [-0.2, -0.15) is 13.2 Å². The van der Waals surface area contributed by atoms with E-state index in [4.69, 9.17) is 0 Å². The highest BCUT2D eigenvalue weighted by molar-refractivity contribution is 5.78. The average molecular weight is 330 g/mol. The number of hydrogen-bond acceptors (Lipinski definition) is 1. The fourth-order valence-corrected chi connectivity index (χ4v) is 1.67. The number of alkyl halides is 3. The third kappa shape index (κ3) is 7.77. The lowest BCUT2D eigenvalue weighted by atomic mass is 10.1. The van der Waals surface area contributed by atoms with Crippen LogP contribution in [0.3, 0.4) is 0 Å². The Labute approximate surface area is 134 Å². The minimum atomic E-state index is -4.47. The molecule has 0 heterocycles. The van der Waals surface area contributed by atoms with Gasteiger partial charge in [-0.05, 0) is 51.8 Å². The van der Waals surface area contributed by atoms with E-state index in [1.54, 1.807) is 0 Å². The molecule has 1 aromatic carbocycles. The molecule has 0 spiro atoms. The predicted octanol–water partition coefficient (Wildman–Crippen LogP) is 6.03. The summed E-state index contributed by atoms with van der Waals surface area (Å²) in [5.41, 5.74) is 2.26. The van der Waals surface area contributed by atoms with Crippen molar-refractivity contribution in [1.82, 2.24) is 0 Å². The molecule has 0 aliphatic rings. The van der Waals surface area contributed by atoms with Crippen LogP contribution in [-0.2, 0) is 11.0 Å². The van der Waals surface area contributed by atoms with Crippen molar-refractivity contribution < 1.29 is 22.4 Å². The molecule has 0 unspecified atom stereocenters. The SMILES string of the molecule is CC/C(C)=C(\C=O)C=C(C)C.Cc1ccc(F)cc1C(F)(F)F. The zero-order valence-electron chi connectivity index (χ0n) is 14.0. The first-order valence-corrected chi connectivity index (χ1v) is 7.16. The van der Waals surface area contributed by atoms with Crippen molar-refractivity contribution in [3.05, 3.63) is 57.9 Å². The van der Waals surface area contributed by atoms with E-state index < -0.39 is 17.6 Å². The summed E-state index contributed by atoms with van der Waals surface area (Å²) in [6, 6.07) is 2.61. The molecule has 0 saturated carbocycles. The van der Waals surface area contributed by atoms with Gasteiger partial charge in [0.2, 0.25) is 0 Å². The lowest BCUT2D eigenvalue weighted by Crippen LogP contribution is -2.07. The van der Waals surface area contributed by atoms with Crippen molar-refractivity contribution in [3.63, 3.8) is 0 Å². The van der Waals surface area contributed by atoms with Gasteiger partial charge < -0.3 is 0 Å². The molecule has 23 heavy (non-hydrogen) atoms. The molecule has 0 fully saturated rings. The van der Waals surface area contributed by atoms with Gasteiger partial charge in [-0.15, -0.1) is 0 Å². The van der Waals surface area contributed by atoms with E-state index in [2.05, 4.69) is 6.92 Å². The largest absolute Gasteiger partial charge is 0.416 e. The zero-order chi connectivity index (χ0) is 18.2. The van der Waals surface area contributed by atoms with Crippen LogP contribution in [0.4, 0.5) is 17.6 Å². The highest BCUT2D eigenvalue weighted by Gasteiger charge is 2.32. The number of hydrogen-bond donors (Lipinski definition) is 0. The Balaban J connectivity index is 0.000000423. The van der Waals surface area contributed by atoms with Gasteiger partial charge in [0.25, 0.3) is 0 Å². The molecule has 0 aromatic heterocycles. The molecule has 0 amide bonds. The topological polar surface area (TPSA) is 17.1 Å². The Morgan fingerprint density at radius 2 is 1.74 bits per heavy atom. The number of aryl methyl sites for hydroxylation is 1. The quantitative estimate of drug-likeness (QED) is 0.286. The minimum absolute atomic E-state index is 0.0314. The van der Waals surface area contributed by atoms with Crippen molar-refractivity contribution >= 4 is 6.29 Å². The van der Waals surface area contributed by atoms with E-state index in [1.165, 1.54) is 12.5 Å². The number of allylic oxidation sites excluding steroid dienone is 4. The van der Waals surface area contributed by atoms with Crippen molar-refractivity contribution in [3.8, 4) is 0 Å². The molecule has 1 rings (SSSR count). The van der Waals surface area contributed by atoms with Crippen LogP contribution in [0.15, 0.2) is 41.0 Å². The summed E-state index contributed by atoms with van der Waals surface area (Å²) in [7, 11) is 0. The Kier molecular flexibility index (Phi) is 8.51. The molecule has 0 aliphatic carbocycles. The van der Waals surface area contributed by atoms with Crippen LogP contribution in [0, 0.1) is 12.7 Å². The van der Waals surface area contributed by atoms with Crippen LogP contribution in [0.1, 0.15) is 45.2 Å². The highest BCUT2D eigenvalue weighted by Crippen LogP contribution is 2.31. The summed E-state index contributed by atoms with van der Waals surface area (Å²) in [5, 5.41) is 0. The van der Waals surface area contributed by atoms with E-state index in [-0.39, 0.29) is 5.56 Å². The minimum Gasteiger partial charge on any atom is -0.298 e. The molecular weight excluding hydrogens is 308 g/mol. The maximum Gasteiger partial charge on any atom is 0.416 e. The first-order chi connectivity index (χ1) is 10.5. The monoisotopic (exact) mass is 330 g/mol. The molecule has 1 nitrogen and oxygen atoms in total. The van der Waals surface area contributed by atoms with Crippen LogP contribution >= 0.6 is 0 Å². The number of halogens is 4. The van der Waals surface area contributed by atoms with Crippen LogP contribution in [-0.4, -0.2) is 6.29 Å². The first-order valence-electron chi connectivity index (χ1n) is 7.16. The number of rotatable bonds is 3. The summed E-state index contributed by atoms with van der Waals surface area (Å²) in [4.78, 5) is 10.5. The van der Waals surface area contributed by atoms with Crippen LogP contribution in [0.2, 0.25) is 0 Å². The third-order valence-electron chi connectivity index (χ3n) is 3.10. The number of benzene rings is 1. The summed E-state index contributed by atoms with van der Waals surface area (Å²) >= 11 is 0. The molecule has 128 valence electrons. The van der Waals surface area contributed by atoms with Gasteiger partial charge in [0.1, 0.15) is 12.1 Å². The van der Waals surface area contributed by atoms with E-state index in [0.29, 0.717) is 6.07 Å². The lowest BCUT2D eigenvalue weighted by molar-refractivity contribution is -0.138. The zero-order valence-corrected chi connectivity index (χ0v) is 14.0. The fraction of sp³-hybridized carbons (Fsp3) is 0.389. The van der Waals surface area contributed by atoms with Gasteiger partial charge in [-0.25, -0.2) is 4.39 Å². The summed E-state index contributed by atoms with van der Waals surface area (Å²) in [6.45, 7) is 9.32. The second kappa shape index (κ2) is 9.28. The standard InChI is InChI=1S/C10H16O.C8H6F4/c1-5-9(4)10(7-11)6-8(2)3;1-5-2-3-6(9)4-7(5)8(10,11)12/h6-7H,5H2,1-4H3;2-4H,1H3/b10-9-;. The molecule has 0 N–H and O–H groups in total. The van der Waals surface area contributed by atoms with Gasteiger partial charge in [0, 0.05) is 5.57 Å². The predicted molar refractivity (Wildman–Crippen MR) is 84.6 cm³/mol. The number of aldehydes is 1. The van der Waals surface area contributed by atoms with E-state index in [9.17, 15) is 22.4 Å². The Morgan fingerprint density at radius 1 is 1.17 bits per heavy atom. The van der Waals surface area contributed by atoms with Crippen molar-refractivity contribution in [2.24, 2.45) is 0 Å². The maximum absolute atomic E-state index is 12.4. The summed E-state index contributed by atoms with van der Waals surface area (Å²) < 4.78 is 48.6. The van der Waals surface area contributed by atoms with Gasteiger partial charge in [-0.3, -0.25) is 4.79 Å². The van der Waals surface area contributed by atoms with Crippen molar-refractivity contribution in [2.75, 3.05) is 0 Å². The smallest absolute Gasteiger partial charge is 0.298 e. The number of carbonyl (C=O) groups excluding carboxylic acids is 1. The molecular formula is C18H22F4O. The van der Waals surface area contributed by atoms with Crippen LogP contribution in [0.25, 0.3) is 0 Å². The van der Waals surface area contributed by atoms with E-state index in [1.807, 2.05) is 26.8 Å². The number of carbonyl (C=O) groups is 1. The first kappa shape index (κ1) is 21.1. The van der Waals surface area contributed by atoms with Gasteiger partial charge >= 0.3 is 6.18 Å². The average Bonchev–Trinajstić information content (AvgIpc) is 2.45. The molecule has 0 bridgehead atoms. The van der Waals surface area contributed by atoms with Crippen LogP contribution < -0.4 is 0 Å². The molecule has 0 saturated heterocycles. The summed E-state index contributed by atoms with van der Waals surface area (Å²) in [5.74, 6) is -0.868. The van der Waals surface area contributed by atoms with E-state index in [0.717, 1.165) is 36.0 Å². The second-order valence-electron chi connectivity index (χ2n) is 5.39. The summed E-state index contributed by atoms with van der Waals surface area (Å²) in [6.07, 6.45) is -0.679.